The Morgan fingerprint density at radius 1 is 1.29 bits per heavy atom. The van der Waals surface area contributed by atoms with Gasteiger partial charge in [0, 0.05) is 43.7 Å². The van der Waals surface area contributed by atoms with E-state index in [4.69, 9.17) is 19.3 Å². The molecule has 1 heterocycles. The van der Waals surface area contributed by atoms with Crippen LogP contribution in [0.25, 0.3) is 0 Å². The van der Waals surface area contributed by atoms with E-state index in [1.165, 1.54) is 12.2 Å². The summed E-state index contributed by atoms with van der Waals surface area (Å²) in [5, 5.41) is 11.9. The number of carbonyl (C=O) groups is 3. The first-order valence-corrected chi connectivity index (χ1v) is 10.4. The molecular weight excluding hydrogens is 388 g/mol. The SMILES string of the molecule is CCC(CO)OC(CSCCC(=O)NCCOCCN1C(=O)C=CC1=O)OC. The van der Waals surface area contributed by atoms with E-state index in [1.54, 1.807) is 18.9 Å². The second-order valence-corrected chi connectivity index (χ2v) is 7.11. The van der Waals surface area contributed by atoms with E-state index in [0.29, 0.717) is 37.5 Å². The molecule has 0 aliphatic carbocycles. The predicted octanol–water partition coefficient (Wildman–Crippen LogP) is -0.0725. The monoisotopic (exact) mass is 418 g/mol. The number of rotatable bonds is 16. The van der Waals surface area contributed by atoms with E-state index >= 15 is 0 Å². The largest absolute Gasteiger partial charge is 0.394 e. The number of ether oxygens (including phenoxy) is 3. The third-order valence-corrected chi connectivity index (χ3v) is 4.92. The third-order valence-electron chi connectivity index (χ3n) is 3.92. The van der Waals surface area contributed by atoms with Gasteiger partial charge in [-0.3, -0.25) is 19.3 Å². The lowest BCUT2D eigenvalue weighted by Crippen LogP contribution is -2.34. The van der Waals surface area contributed by atoms with Crippen LogP contribution in [0, 0.1) is 0 Å². The summed E-state index contributed by atoms with van der Waals surface area (Å²) >= 11 is 1.54. The van der Waals surface area contributed by atoms with Crippen molar-refractivity contribution in [2.24, 2.45) is 0 Å². The van der Waals surface area contributed by atoms with Gasteiger partial charge >= 0.3 is 0 Å². The van der Waals surface area contributed by atoms with Crippen molar-refractivity contribution >= 4 is 29.5 Å². The van der Waals surface area contributed by atoms with Crippen LogP contribution in [0.4, 0.5) is 0 Å². The summed E-state index contributed by atoms with van der Waals surface area (Å²) in [5.74, 6) is 0.454. The molecule has 0 saturated heterocycles. The first kappa shape index (κ1) is 24.6. The normalized spacial score (nSPS) is 15.9. The summed E-state index contributed by atoms with van der Waals surface area (Å²) in [6.07, 6.45) is 2.87. The highest BCUT2D eigenvalue weighted by Crippen LogP contribution is 2.11. The van der Waals surface area contributed by atoms with Gasteiger partial charge in [0.2, 0.25) is 5.91 Å². The lowest BCUT2D eigenvalue weighted by Gasteiger charge is -2.21. The zero-order chi connectivity index (χ0) is 20.8. The highest BCUT2D eigenvalue weighted by Gasteiger charge is 2.22. The first-order chi connectivity index (χ1) is 13.5. The predicted molar refractivity (Wildman–Crippen MR) is 105 cm³/mol. The van der Waals surface area contributed by atoms with Gasteiger partial charge < -0.3 is 24.6 Å². The molecule has 0 fully saturated rings. The Hall–Kier alpha value is -1.46. The third kappa shape index (κ3) is 9.65. The molecule has 0 bridgehead atoms. The molecule has 9 nitrogen and oxygen atoms in total. The summed E-state index contributed by atoms with van der Waals surface area (Å²) in [6, 6.07) is 0. The Morgan fingerprint density at radius 3 is 2.61 bits per heavy atom. The van der Waals surface area contributed by atoms with Gasteiger partial charge in [-0.15, -0.1) is 0 Å². The molecular formula is C18H30N2O7S. The van der Waals surface area contributed by atoms with E-state index in [2.05, 4.69) is 5.32 Å². The number of imide groups is 1. The molecule has 0 aromatic rings. The van der Waals surface area contributed by atoms with Crippen molar-refractivity contribution in [2.45, 2.75) is 32.2 Å². The molecule has 1 aliphatic rings. The summed E-state index contributed by atoms with van der Waals surface area (Å²) in [5.41, 5.74) is 0. The van der Waals surface area contributed by atoms with Crippen molar-refractivity contribution in [3.8, 4) is 0 Å². The van der Waals surface area contributed by atoms with Crippen molar-refractivity contribution in [1.82, 2.24) is 10.2 Å². The number of thioether (sulfide) groups is 1. The smallest absolute Gasteiger partial charge is 0.253 e. The van der Waals surface area contributed by atoms with E-state index in [9.17, 15) is 14.4 Å². The topological polar surface area (TPSA) is 114 Å². The molecule has 1 aliphatic heterocycles. The summed E-state index contributed by atoms with van der Waals surface area (Å²) in [7, 11) is 1.55. The molecule has 10 heteroatoms. The van der Waals surface area contributed by atoms with E-state index in [0.717, 1.165) is 4.90 Å². The van der Waals surface area contributed by atoms with Crippen molar-refractivity contribution in [3.63, 3.8) is 0 Å². The Labute approximate surface area is 169 Å². The molecule has 2 N–H and O–H groups in total. The number of amides is 3. The van der Waals surface area contributed by atoms with Crippen molar-refractivity contribution in [2.75, 3.05) is 51.5 Å². The molecule has 28 heavy (non-hydrogen) atoms. The number of methoxy groups -OCH3 is 1. The fourth-order valence-corrected chi connectivity index (χ4v) is 3.15. The van der Waals surface area contributed by atoms with Crippen LogP contribution in [0.15, 0.2) is 12.2 Å². The Bertz CT molecular complexity index is 508. The maximum absolute atomic E-state index is 11.8. The van der Waals surface area contributed by atoms with Crippen LogP contribution in [-0.2, 0) is 28.6 Å². The van der Waals surface area contributed by atoms with Crippen LogP contribution >= 0.6 is 11.8 Å². The van der Waals surface area contributed by atoms with Crippen LogP contribution in [-0.4, -0.2) is 91.6 Å². The molecule has 1 rings (SSSR count). The average molecular weight is 419 g/mol. The van der Waals surface area contributed by atoms with Gasteiger partial charge in [-0.2, -0.15) is 11.8 Å². The van der Waals surface area contributed by atoms with Crippen LogP contribution in [0.5, 0.6) is 0 Å². The summed E-state index contributed by atoms with van der Waals surface area (Å²) in [6.45, 7) is 2.98. The molecule has 0 saturated carbocycles. The maximum Gasteiger partial charge on any atom is 0.253 e. The van der Waals surface area contributed by atoms with Gasteiger partial charge in [-0.1, -0.05) is 6.92 Å². The van der Waals surface area contributed by atoms with E-state index in [-0.39, 0.29) is 43.6 Å². The number of aliphatic hydroxyl groups is 1. The van der Waals surface area contributed by atoms with Gasteiger partial charge in [-0.05, 0) is 6.42 Å². The number of nitrogens with one attached hydrogen (secondary N) is 1. The van der Waals surface area contributed by atoms with Gasteiger partial charge in [0.15, 0.2) is 6.29 Å². The maximum atomic E-state index is 11.8. The Morgan fingerprint density at radius 2 is 2.00 bits per heavy atom. The second-order valence-electron chi connectivity index (χ2n) is 5.96. The fraction of sp³-hybridized carbons (Fsp3) is 0.722. The van der Waals surface area contributed by atoms with E-state index < -0.39 is 6.29 Å². The molecule has 2 atom stereocenters. The lowest BCUT2D eigenvalue weighted by molar-refractivity contribution is -0.151. The van der Waals surface area contributed by atoms with Crippen molar-refractivity contribution in [1.29, 1.82) is 0 Å². The van der Waals surface area contributed by atoms with E-state index in [1.807, 2.05) is 6.92 Å². The molecule has 0 aromatic carbocycles. The fourth-order valence-electron chi connectivity index (χ4n) is 2.25. The summed E-state index contributed by atoms with van der Waals surface area (Å²) < 4.78 is 16.1. The molecule has 2 unspecified atom stereocenters. The number of nitrogens with zero attached hydrogens (tertiary/aromatic N) is 1. The second kappa shape index (κ2) is 14.5. The van der Waals surface area contributed by atoms with Gasteiger partial charge in [0.25, 0.3) is 11.8 Å². The minimum absolute atomic E-state index is 0.0486. The van der Waals surface area contributed by atoms with Gasteiger partial charge in [-0.25, -0.2) is 0 Å². The molecule has 0 spiro atoms. The number of aliphatic hydroxyl groups excluding tert-OH is 1. The van der Waals surface area contributed by atoms with Crippen LogP contribution in [0.3, 0.4) is 0 Å². The number of hydrogen-bond acceptors (Lipinski definition) is 8. The molecule has 160 valence electrons. The van der Waals surface area contributed by atoms with Crippen LogP contribution in [0.2, 0.25) is 0 Å². The minimum Gasteiger partial charge on any atom is -0.394 e. The molecule has 0 aromatic heterocycles. The van der Waals surface area contributed by atoms with Crippen LogP contribution in [0.1, 0.15) is 19.8 Å². The highest BCUT2D eigenvalue weighted by molar-refractivity contribution is 7.99. The minimum atomic E-state index is -0.414. The lowest BCUT2D eigenvalue weighted by atomic mass is 10.3. The highest BCUT2D eigenvalue weighted by atomic mass is 32.2. The molecule has 0 radical (unpaired) electrons. The zero-order valence-corrected chi connectivity index (χ0v) is 17.2. The van der Waals surface area contributed by atoms with Crippen LogP contribution < -0.4 is 5.32 Å². The standard InChI is InChI=1S/C18H30N2O7S/c1-3-14(12-21)27-18(25-2)13-28-11-6-15(22)19-7-9-26-10-8-20-16(23)4-5-17(20)24/h4-5,14,18,21H,3,6-13H2,1-2H3,(H,19,22). The first-order valence-electron chi connectivity index (χ1n) is 9.26. The van der Waals surface area contributed by atoms with Gasteiger partial charge in [0.05, 0.1) is 32.5 Å². The summed E-state index contributed by atoms with van der Waals surface area (Å²) in [4.78, 5) is 35.6. The van der Waals surface area contributed by atoms with Crippen molar-refractivity contribution in [3.05, 3.63) is 12.2 Å². The van der Waals surface area contributed by atoms with Gasteiger partial charge in [0.1, 0.15) is 0 Å². The Balaban J connectivity index is 2.00. The number of hydrogen-bond donors (Lipinski definition) is 2. The Kier molecular flexibility index (Phi) is 12.8. The zero-order valence-electron chi connectivity index (χ0n) is 16.4. The van der Waals surface area contributed by atoms with Crippen molar-refractivity contribution < 1.29 is 33.7 Å². The molecule has 3 amide bonds. The quantitative estimate of drug-likeness (QED) is 0.203. The number of carbonyl (C=O) groups excluding carboxylic acids is 3. The average Bonchev–Trinajstić information content (AvgIpc) is 3.02.